The Labute approximate surface area is 179 Å². The molecule has 0 amide bonds. The third kappa shape index (κ3) is 4.91. The maximum Gasteiger partial charge on any atom is 0.416 e. The Hall–Kier alpha value is -3.27. The van der Waals surface area contributed by atoms with Crippen molar-refractivity contribution in [3.05, 3.63) is 75.4 Å². The number of carbonyl (C=O) groups is 1. The van der Waals surface area contributed by atoms with Crippen LogP contribution in [0, 0.1) is 0 Å². The zero-order valence-corrected chi connectivity index (χ0v) is 17.1. The lowest BCUT2D eigenvalue weighted by Gasteiger charge is -2.22. The Morgan fingerprint density at radius 2 is 1.81 bits per heavy atom. The van der Waals surface area contributed by atoms with E-state index in [1.54, 1.807) is 6.07 Å². The van der Waals surface area contributed by atoms with Gasteiger partial charge >= 0.3 is 17.8 Å². The molecule has 0 fully saturated rings. The van der Waals surface area contributed by atoms with Crippen molar-refractivity contribution in [2.24, 2.45) is 0 Å². The summed E-state index contributed by atoms with van der Waals surface area (Å²) in [5.74, 6) is -0.992. The van der Waals surface area contributed by atoms with Crippen LogP contribution in [0.25, 0.3) is 5.69 Å². The number of halogens is 4. The normalized spacial score (nSPS) is 12.1. The average Bonchev–Trinajstić information content (AvgIpc) is 3.03. The van der Waals surface area contributed by atoms with Crippen molar-refractivity contribution in [1.82, 2.24) is 14.3 Å². The van der Waals surface area contributed by atoms with Crippen molar-refractivity contribution in [3.63, 3.8) is 0 Å². The van der Waals surface area contributed by atoms with Crippen LogP contribution < -0.4 is 10.4 Å². The molecule has 0 atom stereocenters. The van der Waals surface area contributed by atoms with Gasteiger partial charge in [0.15, 0.2) is 5.60 Å². The summed E-state index contributed by atoms with van der Waals surface area (Å²) in [6.07, 6.45) is -3.26. The van der Waals surface area contributed by atoms with Crippen LogP contribution in [0.15, 0.2) is 53.6 Å². The van der Waals surface area contributed by atoms with Gasteiger partial charge < -0.3 is 9.84 Å². The van der Waals surface area contributed by atoms with Crippen molar-refractivity contribution in [2.75, 3.05) is 0 Å². The molecule has 1 aromatic heterocycles. The second-order valence-corrected chi connectivity index (χ2v) is 7.58. The van der Waals surface area contributed by atoms with Crippen molar-refractivity contribution >= 4 is 17.6 Å². The molecule has 7 nitrogen and oxygen atoms in total. The highest BCUT2D eigenvalue weighted by Crippen LogP contribution is 2.30. The second kappa shape index (κ2) is 8.10. The summed E-state index contributed by atoms with van der Waals surface area (Å²) in [6.45, 7) is 2.80. The van der Waals surface area contributed by atoms with Gasteiger partial charge in [0.05, 0.1) is 22.8 Å². The SMILES string of the molecule is CC(C)(Oc1ccc(Cn2ncn(-c3ccc(C(F)(F)F)cc3)c2=O)cc1Cl)C(=O)O. The minimum absolute atomic E-state index is 0.0365. The number of nitrogens with zero attached hydrogens (tertiary/aromatic N) is 3. The third-order valence-corrected chi connectivity index (χ3v) is 4.71. The highest BCUT2D eigenvalue weighted by atomic mass is 35.5. The van der Waals surface area contributed by atoms with Crippen LogP contribution in [0.4, 0.5) is 13.2 Å². The van der Waals surface area contributed by atoms with E-state index in [-0.39, 0.29) is 23.0 Å². The Morgan fingerprint density at radius 1 is 1.16 bits per heavy atom. The number of aromatic nitrogens is 3. The van der Waals surface area contributed by atoms with E-state index in [0.717, 1.165) is 21.4 Å². The van der Waals surface area contributed by atoms with E-state index in [4.69, 9.17) is 21.4 Å². The van der Waals surface area contributed by atoms with Crippen molar-refractivity contribution < 1.29 is 27.8 Å². The van der Waals surface area contributed by atoms with Crippen molar-refractivity contribution in [1.29, 1.82) is 0 Å². The highest BCUT2D eigenvalue weighted by Gasteiger charge is 2.31. The largest absolute Gasteiger partial charge is 0.478 e. The fraction of sp³-hybridized carbons (Fsp3) is 0.250. The van der Waals surface area contributed by atoms with Crippen LogP contribution >= 0.6 is 11.6 Å². The predicted molar refractivity (Wildman–Crippen MR) is 106 cm³/mol. The van der Waals surface area contributed by atoms with Crippen LogP contribution in [0.2, 0.25) is 5.02 Å². The van der Waals surface area contributed by atoms with Gasteiger partial charge in [-0.15, -0.1) is 0 Å². The van der Waals surface area contributed by atoms with Crippen LogP contribution in [-0.4, -0.2) is 31.0 Å². The monoisotopic (exact) mass is 455 g/mol. The van der Waals surface area contributed by atoms with Crippen LogP contribution in [0.3, 0.4) is 0 Å². The molecule has 0 aliphatic heterocycles. The van der Waals surface area contributed by atoms with Crippen LogP contribution in [-0.2, 0) is 17.5 Å². The smallest absolute Gasteiger partial charge is 0.416 e. The van der Waals surface area contributed by atoms with Gasteiger partial charge in [-0.3, -0.25) is 0 Å². The number of benzene rings is 2. The molecule has 0 aliphatic rings. The Kier molecular flexibility index (Phi) is 5.86. The molecule has 164 valence electrons. The highest BCUT2D eigenvalue weighted by molar-refractivity contribution is 6.32. The zero-order valence-electron chi connectivity index (χ0n) is 16.4. The van der Waals surface area contributed by atoms with E-state index < -0.39 is 29.0 Å². The standard InChI is InChI=1S/C20H17ClF3N3O4/c1-19(2,17(28)29)31-16-8-3-12(9-15(16)21)10-27-18(30)26(11-25-27)14-6-4-13(5-7-14)20(22,23)24/h3-9,11H,10H2,1-2H3,(H,28,29). The Morgan fingerprint density at radius 3 is 2.35 bits per heavy atom. The first-order valence-corrected chi connectivity index (χ1v) is 9.29. The van der Waals surface area contributed by atoms with Crippen LogP contribution in [0.1, 0.15) is 25.0 Å². The maximum atomic E-state index is 12.7. The van der Waals surface area contributed by atoms with Gasteiger partial charge in [0.2, 0.25) is 0 Å². The fourth-order valence-corrected chi connectivity index (χ4v) is 2.89. The number of ether oxygens (including phenoxy) is 1. The summed E-state index contributed by atoms with van der Waals surface area (Å²) in [4.78, 5) is 23.8. The number of hydrogen-bond donors (Lipinski definition) is 1. The molecule has 0 bridgehead atoms. The van der Waals surface area contributed by atoms with E-state index in [2.05, 4.69) is 5.10 Å². The summed E-state index contributed by atoms with van der Waals surface area (Å²) in [6, 6.07) is 8.74. The first-order chi connectivity index (χ1) is 14.4. The number of hydrogen-bond acceptors (Lipinski definition) is 4. The van der Waals surface area contributed by atoms with Gasteiger partial charge in [-0.25, -0.2) is 18.8 Å². The lowest BCUT2D eigenvalue weighted by molar-refractivity contribution is -0.152. The third-order valence-electron chi connectivity index (χ3n) is 4.41. The van der Waals surface area contributed by atoms with Crippen molar-refractivity contribution in [2.45, 2.75) is 32.2 Å². The number of aliphatic carboxylic acids is 1. The molecule has 3 aromatic rings. The van der Waals surface area contributed by atoms with Crippen molar-refractivity contribution in [3.8, 4) is 11.4 Å². The quantitative estimate of drug-likeness (QED) is 0.607. The molecule has 0 saturated carbocycles. The summed E-state index contributed by atoms with van der Waals surface area (Å²) in [5.41, 5.74) is -2.03. The van der Waals surface area contributed by atoms with E-state index in [0.29, 0.717) is 5.56 Å². The summed E-state index contributed by atoms with van der Waals surface area (Å²) >= 11 is 6.18. The number of carboxylic acid groups (broad SMARTS) is 1. The van der Waals surface area contributed by atoms with E-state index in [1.807, 2.05) is 0 Å². The molecule has 2 aromatic carbocycles. The molecular weight excluding hydrogens is 439 g/mol. The molecule has 11 heteroatoms. The van der Waals surface area contributed by atoms with E-state index >= 15 is 0 Å². The molecule has 0 radical (unpaired) electrons. The molecule has 0 saturated heterocycles. The number of alkyl halides is 3. The van der Waals surface area contributed by atoms with Gasteiger partial charge in [0, 0.05) is 0 Å². The summed E-state index contributed by atoms with van der Waals surface area (Å²) in [5, 5.41) is 13.3. The molecule has 3 rings (SSSR count). The minimum Gasteiger partial charge on any atom is -0.478 e. The molecule has 31 heavy (non-hydrogen) atoms. The zero-order chi connectivity index (χ0) is 23.0. The Bertz CT molecular complexity index is 1170. The molecule has 0 unspecified atom stereocenters. The molecule has 1 N–H and O–H groups in total. The van der Waals surface area contributed by atoms with Gasteiger partial charge in [0.1, 0.15) is 12.1 Å². The van der Waals surface area contributed by atoms with Crippen LogP contribution in [0.5, 0.6) is 5.75 Å². The summed E-state index contributed by atoms with van der Waals surface area (Å²) in [7, 11) is 0. The molecule has 1 heterocycles. The fourth-order valence-electron chi connectivity index (χ4n) is 2.65. The lowest BCUT2D eigenvalue weighted by Crippen LogP contribution is -2.37. The number of carboxylic acids is 1. The molecular formula is C20H17ClF3N3O4. The Balaban J connectivity index is 1.80. The molecule has 0 spiro atoms. The topological polar surface area (TPSA) is 86.4 Å². The first-order valence-electron chi connectivity index (χ1n) is 8.91. The van der Waals surface area contributed by atoms with Gasteiger partial charge in [0.25, 0.3) is 0 Å². The minimum atomic E-state index is -4.47. The van der Waals surface area contributed by atoms with Gasteiger partial charge in [-0.05, 0) is 55.8 Å². The summed E-state index contributed by atoms with van der Waals surface area (Å²) < 4.78 is 45.8. The lowest BCUT2D eigenvalue weighted by atomic mass is 10.1. The first kappa shape index (κ1) is 22.4. The second-order valence-electron chi connectivity index (χ2n) is 7.17. The molecule has 0 aliphatic carbocycles. The van der Waals surface area contributed by atoms with E-state index in [1.165, 1.54) is 44.4 Å². The van der Waals surface area contributed by atoms with E-state index in [9.17, 15) is 22.8 Å². The van der Waals surface area contributed by atoms with Gasteiger partial charge in [-0.2, -0.15) is 18.3 Å². The average molecular weight is 456 g/mol. The predicted octanol–water partition coefficient (Wildman–Crippen LogP) is 4.00. The number of rotatable bonds is 6. The van der Waals surface area contributed by atoms with Gasteiger partial charge in [-0.1, -0.05) is 17.7 Å². The maximum absolute atomic E-state index is 12.7.